The molecule has 126 valence electrons. The zero-order chi connectivity index (χ0) is 16.4. The third-order valence-electron chi connectivity index (χ3n) is 4.16. The third-order valence-corrected chi connectivity index (χ3v) is 4.16. The van der Waals surface area contributed by atoms with Crippen molar-refractivity contribution in [2.24, 2.45) is 0 Å². The average molecular weight is 324 g/mol. The number of ether oxygens (including phenoxy) is 1. The van der Waals surface area contributed by atoms with Crippen molar-refractivity contribution in [3.8, 4) is 0 Å². The van der Waals surface area contributed by atoms with Gasteiger partial charge in [0.2, 0.25) is 5.89 Å². The van der Waals surface area contributed by atoms with Crippen LogP contribution in [0, 0.1) is 6.92 Å². The lowest BCUT2D eigenvalue weighted by atomic mass is 10.1. The van der Waals surface area contributed by atoms with Crippen molar-refractivity contribution in [3.63, 3.8) is 0 Å². The van der Waals surface area contributed by atoms with Gasteiger partial charge in [-0.05, 0) is 12.8 Å². The second-order valence-electron chi connectivity index (χ2n) is 6.05. The van der Waals surface area contributed by atoms with E-state index in [9.17, 15) is 9.18 Å². The normalized spacial score (nSPS) is 24.3. The maximum Gasteiger partial charge on any atom is 0.318 e. The van der Waals surface area contributed by atoms with Gasteiger partial charge < -0.3 is 19.0 Å². The second-order valence-corrected chi connectivity index (χ2v) is 6.05. The summed E-state index contributed by atoms with van der Waals surface area (Å²) in [5, 5.41) is 7.75. The lowest BCUT2D eigenvalue weighted by molar-refractivity contribution is -0.126. The first-order valence-corrected chi connectivity index (χ1v) is 7.81. The molecule has 0 N–H and O–H groups in total. The van der Waals surface area contributed by atoms with Crippen molar-refractivity contribution < 1.29 is 18.3 Å². The lowest BCUT2D eigenvalue weighted by Gasteiger charge is -2.28. The first kappa shape index (κ1) is 15.8. The molecule has 1 aromatic heterocycles. The fourth-order valence-electron chi connectivity index (χ4n) is 3.03. The molecule has 1 saturated heterocycles. The number of hydrogen-bond donors (Lipinski definition) is 0. The summed E-state index contributed by atoms with van der Waals surface area (Å²) in [5.74, 6) is 0.365. The number of alkyl halides is 1. The van der Waals surface area contributed by atoms with Crippen molar-refractivity contribution in [2.45, 2.75) is 38.4 Å². The van der Waals surface area contributed by atoms with Gasteiger partial charge in [0.15, 0.2) is 0 Å². The first-order chi connectivity index (χ1) is 11.0. The van der Waals surface area contributed by atoms with Crippen LogP contribution < -0.4 is 4.90 Å². The molecule has 1 amide bonds. The van der Waals surface area contributed by atoms with Crippen LogP contribution in [0.25, 0.3) is 0 Å². The molecule has 2 aliphatic rings. The summed E-state index contributed by atoms with van der Waals surface area (Å²) >= 11 is 0. The van der Waals surface area contributed by atoms with Crippen molar-refractivity contribution >= 4 is 11.9 Å². The number of carbonyl (C=O) groups excluding carboxylic acids is 1. The third kappa shape index (κ3) is 3.46. The fourth-order valence-corrected chi connectivity index (χ4v) is 3.03. The summed E-state index contributed by atoms with van der Waals surface area (Å²) in [6.07, 6.45) is 2.47. The molecule has 0 saturated carbocycles. The Morgan fingerprint density at radius 3 is 3.00 bits per heavy atom. The Bertz CT molecular complexity index is 603. The number of amides is 1. The highest BCUT2D eigenvalue weighted by molar-refractivity contribution is 5.93. The van der Waals surface area contributed by atoms with Crippen LogP contribution in [0.3, 0.4) is 0 Å². The highest BCUT2D eigenvalue weighted by atomic mass is 19.1. The van der Waals surface area contributed by atoms with Crippen LogP contribution in [0.1, 0.15) is 25.2 Å². The van der Waals surface area contributed by atoms with Crippen LogP contribution in [0.4, 0.5) is 10.4 Å². The minimum atomic E-state index is -0.965. The molecular weight excluding hydrogens is 303 g/mol. The highest BCUT2D eigenvalue weighted by Crippen LogP contribution is 2.27. The van der Waals surface area contributed by atoms with E-state index in [1.807, 2.05) is 0 Å². The Hall–Kier alpha value is -2.12. The molecule has 0 bridgehead atoms. The van der Waals surface area contributed by atoms with Crippen LogP contribution in [0.5, 0.6) is 0 Å². The molecule has 1 aromatic rings. The van der Waals surface area contributed by atoms with E-state index in [1.165, 1.54) is 6.26 Å². The van der Waals surface area contributed by atoms with Crippen LogP contribution >= 0.6 is 0 Å². The minimum absolute atomic E-state index is 0.0753. The van der Waals surface area contributed by atoms with Gasteiger partial charge in [-0.3, -0.25) is 4.79 Å². The van der Waals surface area contributed by atoms with E-state index in [0.29, 0.717) is 43.5 Å². The lowest BCUT2D eigenvalue weighted by Crippen LogP contribution is -2.42. The highest BCUT2D eigenvalue weighted by Gasteiger charge is 2.36. The topological polar surface area (TPSA) is 71.7 Å². The van der Waals surface area contributed by atoms with Gasteiger partial charge in [-0.1, -0.05) is 5.10 Å². The van der Waals surface area contributed by atoms with E-state index >= 15 is 0 Å². The summed E-state index contributed by atoms with van der Waals surface area (Å²) in [4.78, 5) is 15.8. The molecule has 8 heteroatoms. The van der Waals surface area contributed by atoms with Crippen molar-refractivity contribution in [1.82, 2.24) is 15.1 Å². The van der Waals surface area contributed by atoms with Crippen molar-refractivity contribution in [1.29, 1.82) is 0 Å². The van der Waals surface area contributed by atoms with Gasteiger partial charge in [0.25, 0.3) is 5.91 Å². The molecule has 0 unspecified atom stereocenters. The number of carbonyl (C=O) groups is 1. The van der Waals surface area contributed by atoms with E-state index in [1.54, 1.807) is 23.8 Å². The summed E-state index contributed by atoms with van der Waals surface area (Å²) < 4.78 is 24.5. The van der Waals surface area contributed by atoms with E-state index in [2.05, 4.69) is 10.2 Å². The van der Waals surface area contributed by atoms with E-state index < -0.39 is 6.17 Å². The second kappa shape index (κ2) is 6.55. The predicted octanol–water partition coefficient (Wildman–Crippen LogP) is 1.45. The van der Waals surface area contributed by atoms with Crippen molar-refractivity contribution in [3.05, 3.63) is 17.7 Å². The molecule has 3 heterocycles. The van der Waals surface area contributed by atoms with Gasteiger partial charge in [0.05, 0.1) is 31.0 Å². The molecule has 1 fully saturated rings. The first-order valence-electron chi connectivity index (χ1n) is 7.81. The Kier molecular flexibility index (Phi) is 4.49. The number of hydrogen-bond acceptors (Lipinski definition) is 6. The smallest absolute Gasteiger partial charge is 0.318 e. The van der Waals surface area contributed by atoms with Gasteiger partial charge >= 0.3 is 6.01 Å². The molecule has 0 aromatic carbocycles. The Morgan fingerprint density at radius 1 is 1.52 bits per heavy atom. The van der Waals surface area contributed by atoms with Crippen LogP contribution in [0.15, 0.2) is 16.3 Å². The SMILES string of the molecule is Cc1nnc(N2C[C@@H](F)C[C@H]2CN(C)C(=O)C2=COCCC2)o1. The molecule has 3 rings (SSSR count). The van der Waals surface area contributed by atoms with Gasteiger partial charge in [-0.15, -0.1) is 5.10 Å². The Morgan fingerprint density at radius 2 is 2.35 bits per heavy atom. The summed E-state index contributed by atoms with van der Waals surface area (Å²) in [5.41, 5.74) is 0.661. The van der Waals surface area contributed by atoms with Crippen LogP contribution in [-0.2, 0) is 9.53 Å². The molecule has 2 atom stereocenters. The molecule has 0 spiro atoms. The number of halogens is 1. The standard InChI is InChI=1S/C15H21FN4O3/c1-10-17-18-15(23-10)20-7-12(16)6-13(20)8-19(2)14(21)11-4-3-5-22-9-11/h9,12-13H,3-8H2,1-2H3/t12-,13-/m0/s1. The summed E-state index contributed by atoms with van der Waals surface area (Å²) in [6.45, 7) is 2.95. The van der Waals surface area contributed by atoms with Crippen LogP contribution in [-0.4, -0.2) is 60.0 Å². The zero-order valence-electron chi connectivity index (χ0n) is 13.4. The molecule has 23 heavy (non-hydrogen) atoms. The minimum Gasteiger partial charge on any atom is -0.501 e. The molecular formula is C15H21FN4O3. The quantitative estimate of drug-likeness (QED) is 0.835. The molecule has 0 radical (unpaired) electrons. The van der Waals surface area contributed by atoms with E-state index in [4.69, 9.17) is 9.15 Å². The van der Waals surface area contributed by atoms with Gasteiger partial charge in [-0.2, -0.15) is 0 Å². The number of aromatic nitrogens is 2. The largest absolute Gasteiger partial charge is 0.501 e. The monoisotopic (exact) mass is 324 g/mol. The maximum absolute atomic E-state index is 13.9. The molecule has 7 nitrogen and oxygen atoms in total. The number of nitrogens with zero attached hydrogens (tertiary/aromatic N) is 4. The van der Waals surface area contributed by atoms with Gasteiger partial charge in [-0.25, -0.2) is 4.39 Å². The Balaban J connectivity index is 1.67. The maximum atomic E-state index is 13.9. The van der Waals surface area contributed by atoms with Gasteiger partial charge in [0, 0.05) is 26.9 Å². The fraction of sp³-hybridized carbons (Fsp3) is 0.667. The summed E-state index contributed by atoms with van der Waals surface area (Å²) in [6, 6.07) is 0.137. The number of likely N-dealkylation sites (N-methyl/N-ethyl adjacent to an activating group) is 1. The number of rotatable bonds is 4. The molecule has 2 aliphatic heterocycles. The van der Waals surface area contributed by atoms with E-state index in [-0.39, 0.29) is 18.5 Å². The summed E-state index contributed by atoms with van der Waals surface area (Å²) in [7, 11) is 1.72. The Labute approximate surface area is 134 Å². The van der Waals surface area contributed by atoms with Crippen molar-refractivity contribution in [2.75, 3.05) is 31.6 Å². The predicted molar refractivity (Wildman–Crippen MR) is 80.6 cm³/mol. The average Bonchev–Trinajstić information content (AvgIpc) is 3.13. The number of anilines is 1. The zero-order valence-corrected chi connectivity index (χ0v) is 13.4. The molecule has 0 aliphatic carbocycles. The van der Waals surface area contributed by atoms with Gasteiger partial charge in [0.1, 0.15) is 6.17 Å². The van der Waals surface area contributed by atoms with Crippen LogP contribution in [0.2, 0.25) is 0 Å². The number of aryl methyl sites for hydroxylation is 1. The van der Waals surface area contributed by atoms with E-state index in [0.717, 1.165) is 6.42 Å².